The number of nitrogens with two attached hydrogens (primary N) is 1. The second-order valence-electron chi connectivity index (χ2n) is 5.62. The van der Waals surface area contributed by atoms with E-state index >= 15 is 0 Å². The van der Waals surface area contributed by atoms with E-state index in [1.54, 1.807) is 11.4 Å². The molecule has 1 heterocycles. The summed E-state index contributed by atoms with van der Waals surface area (Å²) in [4.78, 5) is 23.7. The van der Waals surface area contributed by atoms with Gasteiger partial charge in [0, 0.05) is 35.6 Å². The van der Waals surface area contributed by atoms with Crippen LogP contribution in [0.2, 0.25) is 0 Å². The van der Waals surface area contributed by atoms with Crippen molar-refractivity contribution < 1.29 is 9.59 Å². The molecule has 0 saturated carbocycles. The molecule has 1 aliphatic carbocycles. The fraction of sp³-hybridized carbons (Fsp3) is 0.294. The molecule has 6 heteroatoms. The van der Waals surface area contributed by atoms with E-state index in [0.29, 0.717) is 12.1 Å². The van der Waals surface area contributed by atoms with Gasteiger partial charge in [-0.1, -0.05) is 6.07 Å². The van der Waals surface area contributed by atoms with Crippen LogP contribution in [0.5, 0.6) is 0 Å². The summed E-state index contributed by atoms with van der Waals surface area (Å²) in [7, 11) is 0. The maximum absolute atomic E-state index is 12.0. The summed E-state index contributed by atoms with van der Waals surface area (Å²) in [6, 6.07) is 7.73. The highest BCUT2D eigenvalue weighted by Crippen LogP contribution is 2.31. The number of fused-ring (bicyclic) bond motifs is 1. The van der Waals surface area contributed by atoms with E-state index in [9.17, 15) is 9.59 Å². The van der Waals surface area contributed by atoms with E-state index in [4.69, 9.17) is 5.73 Å². The average Bonchev–Trinajstić information content (AvgIpc) is 3.17. The third-order valence-corrected chi connectivity index (χ3v) is 4.66. The molecule has 0 unspecified atom stereocenters. The predicted octanol–water partition coefficient (Wildman–Crippen LogP) is 2.45. The fourth-order valence-corrected chi connectivity index (χ4v) is 3.37. The number of amides is 2. The lowest BCUT2D eigenvalue weighted by Gasteiger charge is -2.09. The van der Waals surface area contributed by atoms with Crippen LogP contribution in [-0.2, 0) is 11.2 Å². The second kappa shape index (κ2) is 6.93. The molecule has 2 aromatic rings. The molecule has 0 radical (unpaired) electrons. The Kier molecular flexibility index (Phi) is 4.73. The molecular formula is C17H19N3O2S. The Hall–Kier alpha value is -2.18. The van der Waals surface area contributed by atoms with Gasteiger partial charge in [0.15, 0.2) is 0 Å². The fourth-order valence-electron chi connectivity index (χ4n) is 2.74. The van der Waals surface area contributed by atoms with Gasteiger partial charge in [-0.05, 0) is 47.5 Å². The zero-order valence-corrected chi connectivity index (χ0v) is 13.5. The van der Waals surface area contributed by atoms with Gasteiger partial charge in [0.25, 0.3) is 5.91 Å². The van der Waals surface area contributed by atoms with Crippen molar-refractivity contribution in [2.24, 2.45) is 5.73 Å². The van der Waals surface area contributed by atoms with Crippen LogP contribution in [-0.4, -0.2) is 18.4 Å². The van der Waals surface area contributed by atoms with E-state index < -0.39 is 0 Å². The summed E-state index contributed by atoms with van der Waals surface area (Å²) >= 11 is 1.47. The number of aryl methyl sites for hydroxylation is 1. The van der Waals surface area contributed by atoms with Crippen molar-refractivity contribution in [3.05, 3.63) is 51.7 Å². The number of nitrogens with one attached hydrogen (secondary N) is 2. The number of anilines is 1. The number of hydrogen-bond donors (Lipinski definition) is 3. The van der Waals surface area contributed by atoms with E-state index in [0.717, 1.165) is 18.5 Å². The lowest BCUT2D eigenvalue weighted by Crippen LogP contribution is -2.27. The summed E-state index contributed by atoms with van der Waals surface area (Å²) in [5.41, 5.74) is 9.80. The van der Waals surface area contributed by atoms with Gasteiger partial charge in [-0.2, -0.15) is 11.3 Å². The number of benzene rings is 1. The third kappa shape index (κ3) is 3.78. The van der Waals surface area contributed by atoms with Crippen molar-refractivity contribution >= 4 is 28.8 Å². The molecule has 5 nitrogen and oxygen atoms in total. The molecule has 23 heavy (non-hydrogen) atoms. The highest BCUT2D eigenvalue weighted by Gasteiger charge is 2.19. The maximum atomic E-state index is 12.0. The molecule has 120 valence electrons. The Morgan fingerprint density at radius 2 is 2.17 bits per heavy atom. The minimum atomic E-state index is -0.148. The van der Waals surface area contributed by atoms with Crippen LogP contribution in [0.4, 0.5) is 5.69 Å². The normalized spacial score (nSPS) is 16.0. The molecule has 3 rings (SSSR count). The van der Waals surface area contributed by atoms with E-state index in [2.05, 4.69) is 10.6 Å². The van der Waals surface area contributed by atoms with Crippen LogP contribution >= 0.6 is 11.3 Å². The minimum absolute atomic E-state index is 0.113. The monoisotopic (exact) mass is 329 g/mol. The lowest BCUT2D eigenvalue weighted by molar-refractivity contribution is -0.116. The molecule has 2 amide bonds. The van der Waals surface area contributed by atoms with Gasteiger partial charge < -0.3 is 16.4 Å². The van der Waals surface area contributed by atoms with Gasteiger partial charge in [-0.25, -0.2) is 0 Å². The van der Waals surface area contributed by atoms with Crippen molar-refractivity contribution in [1.82, 2.24) is 5.32 Å². The maximum Gasteiger partial charge on any atom is 0.252 e. The lowest BCUT2D eigenvalue weighted by atomic mass is 10.1. The summed E-state index contributed by atoms with van der Waals surface area (Å²) in [6.07, 6.45) is 2.16. The van der Waals surface area contributed by atoms with Crippen LogP contribution in [0.3, 0.4) is 0 Å². The Labute approximate surface area is 138 Å². The Morgan fingerprint density at radius 3 is 2.96 bits per heavy atom. The quantitative estimate of drug-likeness (QED) is 0.788. The zero-order chi connectivity index (χ0) is 16.2. The summed E-state index contributed by atoms with van der Waals surface area (Å²) in [6.45, 7) is 0.316. The van der Waals surface area contributed by atoms with Crippen molar-refractivity contribution in [2.45, 2.75) is 25.3 Å². The van der Waals surface area contributed by atoms with Gasteiger partial charge in [-0.3, -0.25) is 9.59 Å². The van der Waals surface area contributed by atoms with Gasteiger partial charge in [0.2, 0.25) is 5.91 Å². The highest BCUT2D eigenvalue weighted by molar-refractivity contribution is 7.08. The predicted molar refractivity (Wildman–Crippen MR) is 91.6 cm³/mol. The zero-order valence-electron chi connectivity index (χ0n) is 12.7. The smallest absolute Gasteiger partial charge is 0.252 e. The first-order chi connectivity index (χ1) is 11.1. The van der Waals surface area contributed by atoms with E-state index in [1.807, 2.05) is 23.6 Å². The van der Waals surface area contributed by atoms with Gasteiger partial charge >= 0.3 is 0 Å². The molecule has 0 saturated heterocycles. The molecule has 0 fully saturated rings. The largest absolute Gasteiger partial charge is 0.351 e. The molecular weight excluding hydrogens is 310 g/mol. The third-order valence-electron chi connectivity index (χ3n) is 3.97. The van der Waals surface area contributed by atoms with Crippen molar-refractivity contribution in [1.29, 1.82) is 0 Å². The SMILES string of the molecule is N[C@H]1CCc2cc(NC(=O)CCNC(=O)c3ccsc3)ccc21. The molecule has 1 aromatic carbocycles. The molecule has 1 aliphatic rings. The molecule has 1 aromatic heterocycles. The number of carbonyl (C=O) groups is 2. The Morgan fingerprint density at radius 1 is 1.30 bits per heavy atom. The first-order valence-corrected chi connectivity index (χ1v) is 8.56. The van der Waals surface area contributed by atoms with E-state index in [1.165, 1.54) is 22.5 Å². The standard InChI is InChI=1S/C17H19N3O2S/c18-15-4-1-11-9-13(2-3-14(11)15)20-16(21)5-7-19-17(22)12-6-8-23-10-12/h2-3,6,8-10,15H,1,4-5,7,18H2,(H,19,22)(H,20,21)/t15-/m0/s1. The average molecular weight is 329 g/mol. The van der Waals surface area contributed by atoms with Crippen LogP contribution in [0.25, 0.3) is 0 Å². The molecule has 4 N–H and O–H groups in total. The van der Waals surface area contributed by atoms with Crippen molar-refractivity contribution in [3.63, 3.8) is 0 Å². The molecule has 0 aliphatic heterocycles. The minimum Gasteiger partial charge on any atom is -0.351 e. The van der Waals surface area contributed by atoms with Crippen LogP contribution < -0.4 is 16.4 Å². The number of carbonyl (C=O) groups excluding carboxylic acids is 2. The molecule has 0 spiro atoms. The van der Waals surface area contributed by atoms with Crippen LogP contribution in [0.15, 0.2) is 35.0 Å². The van der Waals surface area contributed by atoms with Gasteiger partial charge in [-0.15, -0.1) is 0 Å². The molecule has 1 atom stereocenters. The van der Waals surface area contributed by atoms with Crippen molar-refractivity contribution in [3.8, 4) is 0 Å². The summed E-state index contributed by atoms with van der Waals surface area (Å²) in [5.74, 6) is -0.261. The second-order valence-corrected chi connectivity index (χ2v) is 6.40. The first kappa shape index (κ1) is 15.7. The molecule has 0 bridgehead atoms. The number of hydrogen-bond acceptors (Lipinski definition) is 4. The summed E-state index contributed by atoms with van der Waals surface area (Å²) in [5, 5.41) is 9.24. The van der Waals surface area contributed by atoms with Gasteiger partial charge in [0.1, 0.15) is 0 Å². The number of rotatable bonds is 5. The van der Waals surface area contributed by atoms with E-state index in [-0.39, 0.29) is 24.3 Å². The van der Waals surface area contributed by atoms with Crippen molar-refractivity contribution in [2.75, 3.05) is 11.9 Å². The summed E-state index contributed by atoms with van der Waals surface area (Å²) < 4.78 is 0. The number of thiophene rings is 1. The Bertz CT molecular complexity index is 713. The van der Waals surface area contributed by atoms with Gasteiger partial charge in [0.05, 0.1) is 0 Å². The topological polar surface area (TPSA) is 84.2 Å². The first-order valence-electron chi connectivity index (χ1n) is 7.62. The highest BCUT2D eigenvalue weighted by atomic mass is 32.1. The van der Waals surface area contributed by atoms with Crippen LogP contribution in [0.1, 0.15) is 40.4 Å². The Balaban J connectivity index is 1.47. The van der Waals surface area contributed by atoms with Crippen LogP contribution in [0, 0.1) is 0 Å².